The second kappa shape index (κ2) is 6.05. The summed E-state index contributed by atoms with van der Waals surface area (Å²) < 4.78 is 38.2. The van der Waals surface area contributed by atoms with Gasteiger partial charge in [-0.25, -0.2) is 4.98 Å². The molecule has 1 unspecified atom stereocenters. The van der Waals surface area contributed by atoms with Crippen LogP contribution in [0.1, 0.15) is 19.5 Å². The van der Waals surface area contributed by atoms with Gasteiger partial charge in [-0.05, 0) is 13.8 Å². The highest BCUT2D eigenvalue weighted by Crippen LogP contribution is 2.30. The van der Waals surface area contributed by atoms with E-state index in [0.717, 1.165) is 6.07 Å². The zero-order valence-corrected chi connectivity index (χ0v) is 11.0. The molecule has 8 heteroatoms. The van der Waals surface area contributed by atoms with Gasteiger partial charge in [0.1, 0.15) is 5.82 Å². The minimum atomic E-state index is -4.53. The lowest BCUT2D eigenvalue weighted by Gasteiger charge is -2.21. The molecule has 1 aromatic rings. The highest BCUT2D eigenvalue weighted by atomic mass is 19.4. The molecule has 0 spiro atoms. The first-order valence-electron chi connectivity index (χ1n) is 5.83. The van der Waals surface area contributed by atoms with Crippen molar-refractivity contribution in [3.05, 3.63) is 11.8 Å². The molecule has 19 heavy (non-hydrogen) atoms. The molecule has 0 bridgehead atoms. The Morgan fingerprint density at radius 3 is 2.53 bits per heavy atom. The zero-order chi connectivity index (χ0) is 14.6. The van der Waals surface area contributed by atoms with Crippen molar-refractivity contribution in [2.75, 3.05) is 30.4 Å². The first kappa shape index (κ1) is 15.5. The van der Waals surface area contributed by atoms with Crippen LogP contribution in [0.15, 0.2) is 6.07 Å². The number of aliphatic hydroxyl groups is 1. The number of rotatable bonds is 5. The van der Waals surface area contributed by atoms with E-state index in [4.69, 9.17) is 0 Å². The standard InChI is InChI=1S/C11H17F3N4O/c1-4-15-10-16-8(11(12,13)14)5-9(17-10)18(3)6-7(2)19/h5,7,19H,4,6H2,1-3H3,(H,15,16,17). The van der Waals surface area contributed by atoms with E-state index in [1.165, 1.54) is 4.90 Å². The molecule has 0 aromatic carbocycles. The Kier molecular flexibility index (Phi) is 4.93. The summed E-state index contributed by atoms with van der Waals surface area (Å²) in [4.78, 5) is 8.85. The van der Waals surface area contributed by atoms with Crippen molar-refractivity contribution in [2.24, 2.45) is 0 Å². The Balaban J connectivity index is 3.12. The van der Waals surface area contributed by atoms with E-state index in [1.807, 2.05) is 0 Å². The Morgan fingerprint density at radius 2 is 2.05 bits per heavy atom. The fraction of sp³-hybridized carbons (Fsp3) is 0.636. The van der Waals surface area contributed by atoms with Crippen LogP contribution in [0.4, 0.5) is 24.9 Å². The average molecular weight is 278 g/mol. The van der Waals surface area contributed by atoms with Gasteiger partial charge in [0.15, 0.2) is 5.69 Å². The minimum absolute atomic E-state index is 0.0789. The van der Waals surface area contributed by atoms with Gasteiger partial charge < -0.3 is 15.3 Å². The Labute approximate surface area is 109 Å². The summed E-state index contributed by atoms with van der Waals surface area (Å²) in [6.45, 7) is 3.89. The van der Waals surface area contributed by atoms with Crippen LogP contribution < -0.4 is 10.2 Å². The topological polar surface area (TPSA) is 61.3 Å². The van der Waals surface area contributed by atoms with Gasteiger partial charge >= 0.3 is 6.18 Å². The fourth-order valence-electron chi connectivity index (χ4n) is 1.50. The number of nitrogens with zero attached hydrogens (tertiary/aromatic N) is 3. The Morgan fingerprint density at radius 1 is 1.42 bits per heavy atom. The van der Waals surface area contributed by atoms with Gasteiger partial charge in [0.25, 0.3) is 0 Å². The number of likely N-dealkylation sites (N-methyl/N-ethyl adjacent to an activating group) is 1. The third kappa shape index (κ3) is 4.55. The molecule has 0 aliphatic heterocycles. The lowest BCUT2D eigenvalue weighted by molar-refractivity contribution is -0.141. The number of aromatic nitrogens is 2. The van der Waals surface area contributed by atoms with Gasteiger partial charge in [0.05, 0.1) is 6.10 Å². The van der Waals surface area contributed by atoms with E-state index in [0.29, 0.717) is 6.54 Å². The molecule has 1 atom stereocenters. The molecule has 0 fully saturated rings. The van der Waals surface area contributed by atoms with Crippen LogP contribution in [0, 0.1) is 0 Å². The maximum Gasteiger partial charge on any atom is 0.433 e. The van der Waals surface area contributed by atoms with Crippen molar-refractivity contribution in [3.63, 3.8) is 0 Å². The Hall–Kier alpha value is -1.57. The van der Waals surface area contributed by atoms with Crippen LogP contribution >= 0.6 is 0 Å². The summed E-state index contributed by atoms with van der Waals surface area (Å²) in [6, 6.07) is 0.864. The van der Waals surface area contributed by atoms with E-state index < -0.39 is 18.0 Å². The van der Waals surface area contributed by atoms with Gasteiger partial charge in [-0.1, -0.05) is 0 Å². The van der Waals surface area contributed by atoms with Gasteiger partial charge in [0, 0.05) is 26.2 Å². The maximum absolute atomic E-state index is 12.7. The fourth-order valence-corrected chi connectivity index (χ4v) is 1.50. The Bertz CT molecular complexity index is 423. The number of hydrogen-bond acceptors (Lipinski definition) is 5. The molecule has 1 heterocycles. The van der Waals surface area contributed by atoms with Gasteiger partial charge in [0.2, 0.25) is 5.95 Å². The van der Waals surface area contributed by atoms with E-state index in [9.17, 15) is 18.3 Å². The highest BCUT2D eigenvalue weighted by Gasteiger charge is 2.34. The molecular weight excluding hydrogens is 261 g/mol. The monoisotopic (exact) mass is 278 g/mol. The third-order valence-corrected chi connectivity index (χ3v) is 2.27. The molecule has 0 aliphatic carbocycles. The third-order valence-electron chi connectivity index (χ3n) is 2.27. The van der Waals surface area contributed by atoms with Crippen molar-refractivity contribution in [3.8, 4) is 0 Å². The van der Waals surface area contributed by atoms with Gasteiger partial charge in [-0.2, -0.15) is 18.2 Å². The molecule has 108 valence electrons. The normalized spacial score (nSPS) is 13.2. The highest BCUT2D eigenvalue weighted by molar-refractivity contribution is 5.45. The molecular formula is C11H17F3N4O. The first-order valence-corrected chi connectivity index (χ1v) is 5.83. The van der Waals surface area contributed by atoms with E-state index in [1.54, 1.807) is 20.9 Å². The summed E-state index contributed by atoms with van der Waals surface area (Å²) >= 11 is 0. The molecule has 0 radical (unpaired) electrons. The number of anilines is 2. The zero-order valence-electron chi connectivity index (χ0n) is 11.0. The summed E-state index contributed by atoms with van der Waals surface area (Å²) in [5, 5.41) is 11.9. The predicted molar refractivity (Wildman–Crippen MR) is 66.1 cm³/mol. The number of halogens is 3. The second-order valence-corrected chi connectivity index (χ2v) is 4.19. The SMILES string of the molecule is CCNc1nc(N(C)CC(C)O)cc(C(F)(F)F)n1. The number of nitrogens with one attached hydrogen (secondary N) is 1. The quantitative estimate of drug-likeness (QED) is 0.859. The van der Waals surface area contributed by atoms with Crippen molar-refractivity contribution >= 4 is 11.8 Å². The molecule has 1 aromatic heterocycles. The summed E-state index contributed by atoms with van der Waals surface area (Å²) in [5.74, 6) is 0.0314. The molecule has 5 nitrogen and oxygen atoms in total. The van der Waals surface area contributed by atoms with E-state index in [-0.39, 0.29) is 18.3 Å². The van der Waals surface area contributed by atoms with Crippen LogP contribution in [-0.2, 0) is 6.18 Å². The number of aliphatic hydroxyl groups excluding tert-OH is 1. The molecule has 0 saturated heterocycles. The maximum atomic E-state index is 12.7. The first-order chi connectivity index (χ1) is 8.74. The molecule has 0 aliphatic rings. The van der Waals surface area contributed by atoms with Crippen molar-refractivity contribution < 1.29 is 18.3 Å². The second-order valence-electron chi connectivity index (χ2n) is 4.19. The van der Waals surface area contributed by atoms with E-state index in [2.05, 4.69) is 15.3 Å². The minimum Gasteiger partial charge on any atom is -0.392 e. The molecule has 2 N–H and O–H groups in total. The van der Waals surface area contributed by atoms with Crippen LogP contribution in [0.25, 0.3) is 0 Å². The van der Waals surface area contributed by atoms with Crippen LogP contribution in [0.2, 0.25) is 0 Å². The summed E-state index contributed by atoms with van der Waals surface area (Å²) in [5.41, 5.74) is -1.01. The smallest absolute Gasteiger partial charge is 0.392 e. The number of alkyl halides is 3. The lowest BCUT2D eigenvalue weighted by atomic mass is 10.3. The van der Waals surface area contributed by atoms with Crippen molar-refractivity contribution in [2.45, 2.75) is 26.1 Å². The van der Waals surface area contributed by atoms with Gasteiger partial charge in [-0.15, -0.1) is 0 Å². The van der Waals surface area contributed by atoms with Crippen LogP contribution in [0.5, 0.6) is 0 Å². The molecule has 0 saturated carbocycles. The van der Waals surface area contributed by atoms with Crippen molar-refractivity contribution in [1.29, 1.82) is 0 Å². The van der Waals surface area contributed by atoms with Crippen LogP contribution in [-0.4, -0.2) is 41.3 Å². The molecule has 0 amide bonds. The van der Waals surface area contributed by atoms with E-state index >= 15 is 0 Å². The predicted octanol–water partition coefficient (Wildman–Crippen LogP) is 1.74. The summed E-state index contributed by atoms with van der Waals surface area (Å²) in [6.07, 6.45) is -5.20. The van der Waals surface area contributed by atoms with Gasteiger partial charge in [-0.3, -0.25) is 0 Å². The van der Waals surface area contributed by atoms with Crippen LogP contribution in [0.3, 0.4) is 0 Å². The number of hydrogen-bond donors (Lipinski definition) is 2. The summed E-state index contributed by atoms with van der Waals surface area (Å²) in [7, 11) is 1.56. The molecule has 1 rings (SSSR count). The largest absolute Gasteiger partial charge is 0.433 e. The lowest BCUT2D eigenvalue weighted by Crippen LogP contribution is -2.28. The average Bonchev–Trinajstić information content (AvgIpc) is 2.27. The van der Waals surface area contributed by atoms with Crippen molar-refractivity contribution in [1.82, 2.24) is 9.97 Å².